The highest BCUT2D eigenvalue weighted by atomic mass is 16.3. The fourth-order valence-electron chi connectivity index (χ4n) is 0.586. The first-order valence-corrected chi connectivity index (χ1v) is 2.80. The van der Waals surface area contributed by atoms with Gasteiger partial charge in [-0.15, -0.1) is 0 Å². The zero-order chi connectivity index (χ0) is 6.69. The quantitative estimate of drug-likeness (QED) is 0.601. The van der Waals surface area contributed by atoms with Gasteiger partial charge in [-0.3, -0.25) is 4.98 Å². The summed E-state index contributed by atoms with van der Waals surface area (Å²) in [5.41, 5.74) is 0.782. The molecule has 47 valence electrons. The Labute approximate surface area is 54.2 Å². The van der Waals surface area contributed by atoms with E-state index in [1.165, 1.54) is 0 Å². The van der Waals surface area contributed by atoms with Crippen LogP contribution in [0.1, 0.15) is 18.6 Å². The van der Waals surface area contributed by atoms with Crippen LogP contribution in [0, 0.1) is 6.07 Å². The van der Waals surface area contributed by atoms with Crippen LogP contribution >= 0.6 is 0 Å². The van der Waals surface area contributed by atoms with Crippen LogP contribution in [0.5, 0.6) is 0 Å². The van der Waals surface area contributed by atoms with Gasteiger partial charge in [0.1, 0.15) is 0 Å². The van der Waals surface area contributed by atoms with E-state index in [4.69, 9.17) is 5.11 Å². The third-order valence-corrected chi connectivity index (χ3v) is 1.10. The molecule has 1 aromatic heterocycles. The monoisotopic (exact) mass is 122 g/mol. The summed E-state index contributed by atoms with van der Waals surface area (Å²) in [4.78, 5) is 3.76. The predicted octanol–water partition coefficient (Wildman–Crippen LogP) is 0.935. The van der Waals surface area contributed by atoms with Crippen molar-refractivity contribution >= 4 is 0 Å². The molecule has 0 saturated carbocycles. The van der Waals surface area contributed by atoms with Gasteiger partial charge < -0.3 is 5.11 Å². The van der Waals surface area contributed by atoms with E-state index in [1.807, 2.05) is 0 Å². The van der Waals surface area contributed by atoms with Crippen molar-refractivity contribution in [1.82, 2.24) is 4.98 Å². The Morgan fingerprint density at radius 3 is 2.89 bits per heavy atom. The van der Waals surface area contributed by atoms with Crippen molar-refractivity contribution in [2.45, 2.75) is 13.0 Å². The molecule has 1 heterocycles. The van der Waals surface area contributed by atoms with Gasteiger partial charge in [0.2, 0.25) is 0 Å². The van der Waals surface area contributed by atoms with Crippen LogP contribution in [0.15, 0.2) is 18.5 Å². The van der Waals surface area contributed by atoms with E-state index >= 15 is 0 Å². The second kappa shape index (κ2) is 2.60. The molecule has 1 rings (SSSR count). The zero-order valence-corrected chi connectivity index (χ0v) is 5.20. The third-order valence-electron chi connectivity index (χ3n) is 1.10. The van der Waals surface area contributed by atoms with Crippen molar-refractivity contribution in [3.05, 3.63) is 30.1 Å². The van der Waals surface area contributed by atoms with E-state index in [9.17, 15) is 0 Å². The van der Waals surface area contributed by atoms with Crippen LogP contribution in [0.3, 0.4) is 0 Å². The smallest absolute Gasteiger partial charge is 0.0769 e. The fraction of sp³-hybridized carbons (Fsp3) is 0.286. The van der Waals surface area contributed by atoms with Gasteiger partial charge in [0.25, 0.3) is 0 Å². The molecule has 1 N–H and O–H groups in total. The van der Waals surface area contributed by atoms with Crippen LogP contribution in [0.4, 0.5) is 0 Å². The van der Waals surface area contributed by atoms with E-state index in [1.54, 1.807) is 25.4 Å². The largest absolute Gasteiger partial charge is 0.389 e. The third kappa shape index (κ3) is 1.50. The lowest BCUT2D eigenvalue weighted by molar-refractivity contribution is 0.199. The van der Waals surface area contributed by atoms with Crippen molar-refractivity contribution in [1.29, 1.82) is 0 Å². The van der Waals surface area contributed by atoms with E-state index in [0.29, 0.717) is 0 Å². The molecule has 2 nitrogen and oxygen atoms in total. The molecule has 0 fully saturated rings. The summed E-state index contributed by atoms with van der Waals surface area (Å²) in [5.74, 6) is 0. The first-order chi connectivity index (χ1) is 4.30. The molecule has 1 aromatic rings. The van der Waals surface area contributed by atoms with Gasteiger partial charge in [-0.25, -0.2) is 0 Å². The molecule has 0 unspecified atom stereocenters. The summed E-state index contributed by atoms with van der Waals surface area (Å²) >= 11 is 0. The molecule has 0 aromatic carbocycles. The molecular formula is C7H8NO. The van der Waals surface area contributed by atoms with Crippen molar-refractivity contribution in [2.24, 2.45) is 0 Å². The van der Waals surface area contributed by atoms with Crippen molar-refractivity contribution < 1.29 is 5.11 Å². The summed E-state index contributed by atoms with van der Waals surface area (Å²) in [5, 5.41) is 8.96. The second-order valence-corrected chi connectivity index (χ2v) is 1.87. The zero-order valence-electron chi connectivity index (χ0n) is 5.20. The number of hydrogen-bond donors (Lipinski definition) is 1. The van der Waals surface area contributed by atoms with Gasteiger partial charge in [0, 0.05) is 18.5 Å². The van der Waals surface area contributed by atoms with Gasteiger partial charge in [-0.2, -0.15) is 0 Å². The van der Waals surface area contributed by atoms with Crippen LogP contribution in [-0.4, -0.2) is 10.1 Å². The number of aliphatic hydroxyl groups is 1. The van der Waals surface area contributed by atoms with Crippen molar-refractivity contribution in [3.63, 3.8) is 0 Å². The number of nitrogens with zero attached hydrogens (tertiary/aromatic N) is 1. The Kier molecular flexibility index (Phi) is 1.80. The Morgan fingerprint density at radius 2 is 2.56 bits per heavy atom. The topological polar surface area (TPSA) is 33.1 Å². The molecule has 9 heavy (non-hydrogen) atoms. The van der Waals surface area contributed by atoms with Crippen molar-refractivity contribution in [2.75, 3.05) is 0 Å². The minimum atomic E-state index is -0.437. The summed E-state index contributed by atoms with van der Waals surface area (Å²) in [6, 6.07) is 4.55. The fourth-order valence-corrected chi connectivity index (χ4v) is 0.586. The van der Waals surface area contributed by atoms with Gasteiger partial charge in [0.05, 0.1) is 6.10 Å². The molecule has 0 saturated heterocycles. The maximum atomic E-state index is 8.96. The van der Waals surface area contributed by atoms with Crippen molar-refractivity contribution in [3.8, 4) is 0 Å². The number of rotatable bonds is 1. The van der Waals surface area contributed by atoms with Gasteiger partial charge >= 0.3 is 0 Å². The molecular weight excluding hydrogens is 114 g/mol. The summed E-state index contributed by atoms with van der Waals surface area (Å²) in [7, 11) is 0. The second-order valence-electron chi connectivity index (χ2n) is 1.87. The minimum Gasteiger partial charge on any atom is -0.389 e. The van der Waals surface area contributed by atoms with Gasteiger partial charge in [-0.05, 0) is 18.6 Å². The normalized spacial score (nSPS) is 13.1. The minimum absolute atomic E-state index is 0.437. The van der Waals surface area contributed by atoms with E-state index in [0.717, 1.165) is 5.56 Å². The molecule has 1 atom stereocenters. The average molecular weight is 122 g/mol. The van der Waals surface area contributed by atoms with Gasteiger partial charge in [0.15, 0.2) is 0 Å². The first-order valence-electron chi connectivity index (χ1n) is 2.80. The Balaban J connectivity index is 2.85. The highest BCUT2D eigenvalue weighted by Crippen LogP contribution is 2.07. The predicted molar refractivity (Wildman–Crippen MR) is 33.7 cm³/mol. The highest BCUT2D eigenvalue weighted by Gasteiger charge is 1.96. The Morgan fingerprint density at radius 1 is 1.78 bits per heavy atom. The number of hydrogen-bond acceptors (Lipinski definition) is 2. The molecule has 1 radical (unpaired) electrons. The molecule has 0 spiro atoms. The first kappa shape index (κ1) is 6.23. The SMILES string of the molecule is C[C@@H](O)c1[c]cncc1. The maximum absolute atomic E-state index is 8.96. The lowest BCUT2D eigenvalue weighted by Crippen LogP contribution is -1.89. The lowest BCUT2D eigenvalue weighted by atomic mass is 10.2. The van der Waals surface area contributed by atoms with E-state index in [2.05, 4.69) is 11.1 Å². The molecule has 0 aliphatic rings. The molecule has 0 bridgehead atoms. The van der Waals surface area contributed by atoms with Crippen LogP contribution < -0.4 is 0 Å². The van der Waals surface area contributed by atoms with E-state index < -0.39 is 6.10 Å². The van der Waals surface area contributed by atoms with Crippen LogP contribution in [0.25, 0.3) is 0 Å². The van der Waals surface area contributed by atoms with Crippen LogP contribution in [0.2, 0.25) is 0 Å². The molecule has 2 heteroatoms. The molecule has 0 aliphatic heterocycles. The number of pyridine rings is 1. The summed E-state index contributed by atoms with van der Waals surface area (Å²) < 4.78 is 0. The van der Waals surface area contributed by atoms with Crippen LogP contribution in [-0.2, 0) is 0 Å². The molecule has 0 amide bonds. The number of aromatic nitrogens is 1. The van der Waals surface area contributed by atoms with E-state index in [-0.39, 0.29) is 0 Å². The lowest BCUT2D eigenvalue weighted by Gasteiger charge is -1.99. The van der Waals surface area contributed by atoms with Gasteiger partial charge in [-0.1, -0.05) is 0 Å². The average Bonchev–Trinajstić information content (AvgIpc) is 1.90. The number of aliphatic hydroxyl groups excluding tert-OH is 1. The molecule has 0 aliphatic carbocycles. The highest BCUT2D eigenvalue weighted by molar-refractivity contribution is 5.09. The summed E-state index contributed by atoms with van der Waals surface area (Å²) in [6.07, 6.45) is 2.74. The summed E-state index contributed by atoms with van der Waals surface area (Å²) in [6.45, 7) is 1.70. The Bertz CT molecular complexity index is 172. The maximum Gasteiger partial charge on any atom is 0.0769 e. The Hall–Kier alpha value is -0.890. The standard InChI is InChI=1S/C7H8NO/c1-6(9)7-2-4-8-5-3-7/h2,4-6,9H,1H3/t6-/m1/s1.